The monoisotopic (exact) mass is 293 g/mol. The zero-order chi connectivity index (χ0) is 15.4. The van der Waals surface area contributed by atoms with Crippen LogP contribution in [0.15, 0.2) is 22.6 Å². The summed E-state index contributed by atoms with van der Waals surface area (Å²) in [7, 11) is 4.48. The van der Waals surface area contributed by atoms with Crippen molar-refractivity contribution in [1.29, 1.82) is 0 Å². The van der Waals surface area contributed by atoms with E-state index in [1.54, 1.807) is 18.2 Å². The minimum absolute atomic E-state index is 0.0391. The molecule has 1 N–H and O–H groups in total. The molecule has 0 radical (unpaired) electrons. The molecule has 0 saturated carbocycles. The minimum atomic E-state index is -1.21. The lowest BCUT2D eigenvalue weighted by atomic mass is 10.2. The van der Waals surface area contributed by atoms with E-state index in [-0.39, 0.29) is 24.0 Å². The quantitative estimate of drug-likeness (QED) is 0.872. The van der Waals surface area contributed by atoms with Gasteiger partial charge in [-0.15, -0.1) is 0 Å². The molecule has 21 heavy (non-hydrogen) atoms. The van der Waals surface area contributed by atoms with E-state index in [1.807, 2.05) is 0 Å². The maximum Gasteiger partial charge on any atom is 0.373 e. The zero-order valence-corrected chi connectivity index (χ0v) is 11.9. The van der Waals surface area contributed by atoms with Crippen molar-refractivity contribution < 1.29 is 28.5 Å². The molecule has 112 valence electrons. The van der Waals surface area contributed by atoms with Crippen molar-refractivity contribution in [3.63, 3.8) is 0 Å². The maximum atomic E-state index is 11.2. The van der Waals surface area contributed by atoms with Gasteiger partial charge in [0.05, 0.1) is 26.4 Å². The van der Waals surface area contributed by atoms with E-state index in [0.29, 0.717) is 17.1 Å². The summed E-state index contributed by atoms with van der Waals surface area (Å²) in [4.78, 5) is 15.3. The third-order valence-corrected chi connectivity index (χ3v) is 2.81. The van der Waals surface area contributed by atoms with Gasteiger partial charge in [-0.2, -0.15) is 0 Å². The highest BCUT2D eigenvalue weighted by atomic mass is 16.5. The fourth-order valence-electron chi connectivity index (χ4n) is 1.85. The molecule has 0 amide bonds. The summed E-state index contributed by atoms with van der Waals surface area (Å²) < 4.78 is 20.6. The van der Waals surface area contributed by atoms with Gasteiger partial charge in [0.1, 0.15) is 17.2 Å². The Morgan fingerprint density at radius 3 is 2.62 bits per heavy atom. The van der Waals surface area contributed by atoms with Gasteiger partial charge in [-0.25, -0.2) is 9.78 Å². The van der Waals surface area contributed by atoms with Crippen LogP contribution in [0.5, 0.6) is 11.5 Å². The van der Waals surface area contributed by atoms with E-state index >= 15 is 0 Å². The Kier molecular flexibility index (Phi) is 4.44. The van der Waals surface area contributed by atoms with E-state index in [9.17, 15) is 4.79 Å². The number of aromatic carboxylic acids is 1. The van der Waals surface area contributed by atoms with Crippen LogP contribution in [0.3, 0.4) is 0 Å². The SMILES string of the molecule is COCc1nc(-c2cc(OC)ccc2OC)oc1C(=O)O. The Balaban J connectivity index is 2.55. The van der Waals surface area contributed by atoms with Crippen molar-refractivity contribution in [2.45, 2.75) is 6.61 Å². The number of carboxylic acids is 1. The fraction of sp³-hybridized carbons (Fsp3) is 0.286. The maximum absolute atomic E-state index is 11.2. The Labute approximate surface area is 121 Å². The van der Waals surface area contributed by atoms with Crippen molar-refractivity contribution in [2.24, 2.45) is 0 Å². The Hall–Kier alpha value is -2.54. The van der Waals surface area contributed by atoms with Gasteiger partial charge in [0, 0.05) is 7.11 Å². The van der Waals surface area contributed by atoms with Crippen LogP contribution < -0.4 is 9.47 Å². The molecular weight excluding hydrogens is 278 g/mol. The lowest BCUT2D eigenvalue weighted by Crippen LogP contribution is -2.00. The van der Waals surface area contributed by atoms with Gasteiger partial charge in [-0.3, -0.25) is 0 Å². The third-order valence-electron chi connectivity index (χ3n) is 2.81. The number of carboxylic acid groups (broad SMARTS) is 1. The summed E-state index contributed by atoms with van der Waals surface area (Å²) in [5, 5.41) is 9.13. The molecule has 1 aromatic carbocycles. The molecular formula is C14H15NO6. The summed E-state index contributed by atoms with van der Waals surface area (Å²) >= 11 is 0. The van der Waals surface area contributed by atoms with Gasteiger partial charge in [-0.1, -0.05) is 0 Å². The summed E-state index contributed by atoms with van der Waals surface area (Å²) in [5.74, 6) is -0.248. The highest BCUT2D eigenvalue weighted by Gasteiger charge is 2.22. The van der Waals surface area contributed by atoms with Crippen LogP contribution in [-0.2, 0) is 11.3 Å². The standard InChI is InChI=1S/C14H15NO6/c1-18-7-10-12(14(16)17)21-13(15-10)9-6-8(19-2)4-5-11(9)20-3/h4-6H,7H2,1-3H3,(H,16,17). The number of rotatable bonds is 6. The van der Waals surface area contributed by atoms with Gasteiger partial charge >= 0.3 is 5.97 Å². The third kappa shape index (κ3) is 2.97. The van der Waals surface area contributed by atoms with Crippen LogP contribution >= 0.6 is 0 Å². The smallest absolute Gasteiger partial charge is 0.373 e. The van der Waals surface area contributed by atoms with E-state index in [1.165, 1.54) is 21.3 Å². The molecule has 7 heteroatoms. The minimum Gasteiger partial charge on any atom is -0.497 e. The van der Waals surface area contributed by atoms with Crippen LogP contribution in [0.2, 0.25) is 0 Å². The largest absolute Gasteiger partial charge is 0.497 e. The first-order chi connectivity index (χ1) is 10.1. The normalized spacial score (nSPS) is 10.4. The van der Waals surface area contributed by atoms with Gasteiger partial charge in [0.15, 0.2) is 0 Å². The van der Waals surface area contributed by atoms with Crippen molar-refractivity contribution in [3.05, 3.63) is 29.7 Å². The van der Waals surface area contributed by atoms with Crippen molar-refractivity contribution in [3.8, 4) is 23.0 Å². The first-order valence-corrected chi connectivity index (χ1v) is 6.05. The van der Waals surface area contributed by atoms with Crippen LogP contribution in [0.1, 0.15) is 16.2 Å². The Morgan fingerprint density at radius 1 is 1.29 bits per heavy atom. The predicted molar refractivity (Wildman–Crippen MR) is 72.7 cm³/mol. The summed E-state index contributed by atoms with van der Waals surface area (Å²) in [6.07, 6.45) is 0. The van der Waals surface area contributed by atoms with Gasteiger partial charge in [0.25, 0.3) is 0 Å². The number of carbonyl (C=O) groups is 1. The molecule has 7 nitrogen and oxygen atoms in total. The van der Waals surface area contributed by atoms with E-state index in [2.05, 4.69) is 4.98 Å². The number of oxazole rings is 1. The van der Waals surface area contributed by atoms with Gasteiger partial charge in [-0.05, 0) is 18.2 Å². The first-order valence-electron chi connectivity index (χ1n) is 6.05. The molecule has 2 aromatic rings. The van der Waals surface area contributed by atoms with E-state index in [0.717, 1.165) is 0 Å². The second-order valence-corrected chi connectivity index (χ2v) is 4.10. The number of hydrogen-bond acceptors (Lipinski definition) is 6. The van der Waals surface area contributed by atoms with Crippen LogP contribution in [0, 0.1) is 0 Å². The molecule has 0 aliphatic rings. The number of methoxy groups -OCH3 is 3. The number of ether oxygens (including phenoxy) is 3. The Morgan fingerprint density at radius 2 is 2.05 bits per heavy atom. The summed E-state index contributed by atoms with van der Waals surface area (Å²) in [5.41, 5.74) is 0.714. The number of aromatic nitrogens is 1. The summed E-state index contributed by atoms with van der Waals surface area (Å²) in [6.45, 7) is 0.0391. The second-order valence-electron chi connectivity index (χ2n) is 4.10. The topological polar surface area (TPSA) is 91.0 Å². The second kappa shape index (κ2) is 6.27. The lowest BCUT2D eigenvalue weighted by molar-refractivity contribution is 0.0656. The predicted octanol–water partition coefficient (Wildman–Crippen LogP) is 2.20. The number of hydrogen-bond donors (Lipinski definition) is 1. The average molecular weight is 293 g/mol. The molecule has 0 aliphatic heterocycles. The number of nitrogens with zero attached hydrogens (tertiary/aromatic N) is 1. The molecule has 1 aromatic heterocycles. The van der Waals surface area contributed by atoms with Crippen LogP contribution in [-0.4, -0.2) is 37.4 Å². The molecule has 0 aliphatic carbocycles. The molecule has 0 atom stereocenters. The molecule has 0 unspecified atom stereocenters. The van der Waals surface area contributed by atoms with Gasteiger partial charge in [0.2, 0.25) is 11.7 Å². The molecule has 2 rings (SSSR count). The molecule has 1 heterocycles. The van der Waals surface area contributed by atoms with E-state index < -0.39 is 5.97 Å². The molecule has 0 spiro atoms. The molecule has 0 fully saturated rings. The average Bonchev–Trinajstić information content (AvgIpc) is 2.91. The van der Waals surface area contributed by atoms with Crippen molar-refractivity contribution in [2.75, 3.05) is 21.3 Å². The molecule has 0 bridgehead atoms. The number of benzene rings is 1. The highest BCUT2D eigenvalue weighted by molar-refractivity contribution is 5.86. The van der Waals surface area contributed by atoms with Crippen LogP contribution in [0.25, 0.3) is 11.5 Å². The summed E-state index contributed by atoms with van der Waals surface area (Å²) in [6, 6.07) is 5.07. The van der Waals surface area contributed by atoms with E-state index in [4.69, 9.17) is 23.7 Å². The van der Waals surface area contributed by atoms with Crippen molar-refractivity contribution in [1.82, 2.24) is 4.98 Å². The lowest BCUT2D eigenvalue weighted by Gasteiger charge is -2.07. The van der Waals surface area contributed by atoms with Crippen molar-refractivity contribution >= 4 is 5.97 Å². The molecule has 0 saturated heterocycles. The first kappa shape index (κ1) is 14.9. The Bertz CT molecular complexity index is 649. The van der Waals surface area contributed by atoms with Gasteiger partial charge < -0.3 is 23.7 Å². The highest BCUT2D eigenvalue weighted by Crippen LogP contribution is 2.34. The fourth-order valence-corrected chi connectivity index (χ4v) is 1.85. The van der Waals surface area contributed by atoms with Crippen LogP contribution in [0.4, 0.5) is 0 Å². The zero-order valence-electron chi connectivity index (χ0n) is 11.9.